The van der Waals surface area contributed by atoms with Crippen LogP contribution in [-0.2, 0) is 11.4 Å². The quantitative estimate of drug-likeness (QED) is 0.628. The minimum Gasteiger partial charge on any atom is -0.471 e. The third-order valence-corrected chi connectivity index (χ3v) is 3.73. The highest BCUT2D eigenvalue weighted by molar-refractivity contribution is 6.02. The van der Waals surface area contributed by atoms with E-state index in [9.17, 15) is 13.6 Å². The number of nitrogens with one attached hydrogen (secondary N) is 1. The summed E-state index contributed by atoms with van der Waals surface area (Å²) in [7, 11) is 0. The molecule has 0 radical (unpaired) electrons. The Hall–Kier alpha value is -3.74. The maximum Gasteiger partial charge on any atom is 0.252 e. The summed E-state index contributed by atoms with van der Waals surface area (Å²) in [4.78, 5) is 16.0. The van der Waals surface area contributed by atoms with Gasteiger partial charge < -0.3 is 15.8 Å². The molecule has 0 fully saturated rings. The number of pyridine rings is 1. The molecular formula is C21H17F2N3O2. The van der Waals surface area contributed by atoms with Crippen molar-refractivity contribution in [2.24, 2.45) is 0 Å². The molecule has 28 heavy (non-hydrogen) atoms. The molecule has 0 aliphatic heterocycles. The van der Waals surface area contributed by atoms with Gasteiger partial charge in [-0.25, -0.2) is 8.78 Å². The molecule has 0 spiro atoms. The van der Waals surface area contributed by atoms with Crippen LogP contribution in [0.5, 0.6) is 5.88 Å². The second kappa shape index (κ2) is 8.77. The van der Waals surface area contributed by atoms with Gasteiger partial charge in [0.05, 0.1) is 5.69 Å². The Morgan fingerprint density at radius 2 is 1.82 bits per heavy atom. The number of nitrogens with zero attached hydrogens (tertiary/aromatic N) is 1. The lowest BCUT2D eigenvalue weighted by atomic mass is 10.2. The van der Waals surface area contributed by atoms with Gasteiger partial charge in [0.2, 0.25) is 5.91 Å². The molecule has 0 saturated heterocycles. The van der Waals surface area contributed by atoms with Crippen molar-refractivity contribution in [1.29, 1.82) is 0 Å². The molecule has 142 valence electrons. The standard InChI is InChI=1S/C21H17F2N3O2/c22-16-9-6-15(7-10-16)13-28-21-17(23)12-18(24)20(26-21)25-19(27)11-8-14-4-2-1-3-5-14/h1-12H,13,24H2,(H,25,26,27)/b11-8+. The zero-order valence-electron chi connectivity index (χ0n) is 14.7. The minimum absolute atomic E-state index is 0.0155. The zero-order valence-corrected chi connectivity index (χ0v) is 14.7. The van der Waals surface area contributed by atoms with Crippen LogP contribution in [-0.4, -0.2) is 10.9 Å². The normalized spacial score (nSPS) is 10.8. The van der Waals surface area contributed by atoms with E-state index in [1.807, 2.05) is 30.3 Å². The van der Waals surface area contributed by atoms with Crippen molar-refractivity contribution in [2.75, 3.05) is 11.1 Å². The number of rotatable bonds is 6. The number of hydrogen-bond donors (Lipinski definition) is 2. The van der Waals surface area contributed by atoms with Crippen molar-refractivity contribution in [3.8, 4) is 5.88 Å². The second-order valence-electron chi connectivity index (χ2n) is 5.86. The van der Waals surface area contributed by atoms with Crippen LogP contribution in [0.4, 0.5) is 20.3 Å². The first kappa shape index (κ1) is 19.0. The topological polar surface area (TPSA) is 77.2 Å². The number of nitrogens with two attached hydrogens (primary N) is 1. The van der Waals surface area contributed by atoms with Crippen LogP contribution in [0, 0.1) is 11.6 Å². The fraction of sp³-hybridized carbons (Fsp3) is 0.0476. The SMILES string of the molecule is Nc1cc(F)c(OCc2ccc(F)cc2)nc1NC(=O)/C=C/c1ccccc1. The molecule has 1 aromatic heterocycles. The maximum atomic E-state index is 14.0. The summed E-state index contributed by atoms with van der Waals surface area (Å²) in [5.74, 6) is -1.95. The van der Waals surface area contributed by atoms with Gasteiger partial charge in [-0.2, -0.15) is 4.98 Å². The molecule has 0 aliphatic carbocycles. The first-order valence-corrected chi connectivity index (χ1v) is 8.38. The van der Waals surface area contributed by atoms with Crippen molar-refractivity contribution < 1.29 is 18.3 Å². The molecule has 0 saturated carbocycles. The molecular weight excluding hydrogens is 364 g/mol. The van der Waals surface area contributed by atoms with E-state index < -0.39 is 11.7 Å². The van der Waals surface area contributed by atoms with Crippen molar-refractivity contribution >= 4 is 23.5 Å². The first-order valence-electron chi connectivity index (χ1n) is 8.38. The number of carbonyl (C=O) groups is 1. The van der Waals surface area contributed by atoms with Gasteiger partial charge in [0.15, 0.2) is 11.6 Å². The van der Waals surface area contributed by atoms with Crippen LogP contribution in [0.1, 0.15) is 11.1 Å². The van der Waals surface area contributed by atoms with Crippen LogP contribution in [0.25, 0.3) is 6.08 Å². The average Bonchev–Trinajstić information content (AvgIpc) is 2.69. The van der Waals surface area contributed by atoms with Crippen LogP contribution in [0.15, 0.2) is 66.7 Å². The number of anilines is 2. The lowest BCUT2D eigenvalue weighted by Crippen LogP contribution is -2.12. The summed E-state index contributed by atoms with van der Waals surface area (Å²) in [6.07, 6.45) is 2.94. The molecule has 0 bridgehead atoms. The Labute approximate surface area is 160 Å². The van der Waals surface area contributed by atoms with Gasteiger partial charge in [-0.3, -0.25) is 4.79 Å². The molecule has 2 aromatic carbocycles. The summed E-state index contributed by atoms with van der Waals surface area (Å²) < 4.78 is 32.3. The minimum atomic E-state index is -0.766. The fourth-order valence-corrected chi connectivity index (χ4v) is 2.31. The van der Waals surface area contributed by atoms with Gasteiger partial charge >= 0.3 is 0 Å². The number of ether oxygens (including phenoxy) is 1. The first-order chi connectivity index (χ1) is 13.5. The Morgan fingerprint density at radius 3 is 2.54 bits per heavy atom. The van der Waals surface area contributed by atoms with Gasteiger partial charge in [0.1, 0.15) is 12.4 Å². The van der Waals surface area contributed by atoms with Crippen molar-refractivity contribution in [1.82, 2.24) is 4.98 Å². The molecule has 0 unspecified atom stereocenters. The molecule has 3 rings (SSSR count). The van der Waals surface area contributed by atoms with Crippen LogP contribution in [0.2, 0.25) is 0 Å². The number of nitrogen functional groups attached to an aromatic ring is 1. The van der Waals surface area contributed by atoms with Crippen LogP contribution in [0.3, 0.4) is 0 Å². The van der Waals surface area contributed by atoms with E-state index in [0.717, 1.165) is 11.6 Å². The lowest BCUT2D eigenvalue weighted by molar-refractivity contribution is -0.111. The van der Waals surface area contributed by atoms with Crippen molar-refractivity contribution in [3.63, 3.8) is 0 Å². The number of benzene rings is 2. The van der Waals surface area contributed by atoms with Gasteiger partial charge in [0.25, 0.3) is 5.88 Å². The molecule has 3 N–H and O–H groups in total. The Kier molecular flexibility index (Phi) is 5.96. The van der Waals surface area contributed by atoms with Gasteiger partial charge in [-0.05, 0) is 29.3 Å². The molecule has 1 heterocycles. The average molecular weight is 381 g/mol. The maximum absolute atomic E-state index is 14.0. The van der Waals surface area contributed by atoms with E-state index in [2.05, 4.69) is 10.3 Å². The highest BCUT2D eigenvalue weighted by atomic mass is 19.1. The predicted octanol–water partition coefficient (Wildman–Crippen LogP) is 4.17. The Morgan fingerprint density at radius 1 is 1.11 bits per heavy atom. The van der Waals surface area contributed by atoms with Crippen LogP contribution < -0.4 is 15.8 Å². The summed E-state index contributed by atoms with van der Waals surface area (Å²) in [5.41, 5.74) is 7.18. The third-order valence-electron chi connectivity index (χ3n) is 3.73. The zero-order chi connectivity index (χ0) is 19.9. The predicted molar refractivity (Wildman–Crippen MR) is 103 cm³/mol. The second-order valence-corrected chi connectivity index (χ2v) is 5.86. The third kappa shape index (κ3) is 5.14. The van der Waals surface area contributed by atoms with Crippen LogP contribution >= 0.6 is 0 Å². The molecule has 3 aromatic rings. The Bertz CT molecular complexity index is 991. The number of halogens is 2. The van der Waals surface area contributed by atoms with Crippen molar-refractivity contribution in [3.05, 3.63) is 89.5 Å². The summed E-state index contributed by atoms with van der Waals surface area (Å²) in [6.45, 7) is -0.0184. The summed E-state index contributed by atoms with van der Waals surface area (Å²) in [5, 5.41) is 2.50. The lowest BCUT2D eigenvalue weighted by Gasteiger charge is -2.11. The number of amides is 1. The summed E-state index contributed by atoms with van der Waals surface area (Å²) >= 11 is 0. The van der Waals surface area contributed by atoms with E-state index in [4.69, 9.17) is 10.5 Å². The van der Waals surface area contributed by atoms with E-state index in [1.54, 1.807) is 6.08 Å². The number of carbonyl (C=O) groups excluding carboxylic acids is 1. The fourth-order valence-electron chi connectivity index (χ4n) is 2.31. The number of aromatic nitrogens is 1. The summed E-state index contributed by atoms with van der Waals surface area (Å²) in [6, 6.07) is 15.8. The molecule has 1 amide bonds. The van der Waals surface area contributed by atoms with E-state index >= 15 is 0 Å². The molecule has 0 atom stereocenters. The van der Waals surface area contributed by atoms with E-state index in [0.29, 0.717) is 5.56 Å². The number of hydrogen-bond acceptors (Lipinski definition) is 4. The Balaban J connectivity index is 1.69. The molecule has 5 nitrogen and oxygen atoms in total. The smallest absolute Gasteiger partial charge is 0.252 e. The monoisotopic (exact) mass is 381 g/mol. The van der Waals surface area contributed by atoms with Gasteiger partial charge in [-0.1, -0.05) is 42.5 Å². The van der Waals surface area contributed by atoms with E-state index in [1.165, 1.54) is 30.3 Å². The van der Waals surface area contributed by atoms with Crippen molar-refractivity contribution in [2.45, 2.75) is 6.61 Å². The highest BCUT2D eigenvalue weighted by Crippen LogP contribution is 2.24. The van der Waals surface area contributed by atoms with E-state index in [-0.39, 0.29) is 29.8 Å². The largest absolute Gasteiger partial charge is 0.471 e. The van der Waals surface area contributed by atoms with Gasteiger partial charge in [0, 0.05) is 12.1 Å². The molecule has 0 aliphatic rings. The highest BCUT2D eigenvalue weighted by Gasteiger charge is 2.13. The molecule has 7 heteroatoms. The van der Waals surface area contributed by atoms with Gasteiger partial charge in [-0.15, -0.1) is 0 Å².